The average Bonchev–Trinajstić information content (AvgIpc) is 2.87. The first-order chi connectivity index (χ1) is 16.1. The molecule has 33 heavy (non-hydrogen) atoms. The molecule has 1 aliphatic heterocycles. The van der Waals surface area contributed by atoms with Crippen molar-refractivity contribution in [3.8, 4) is 5.75 Å². The number of halogens is 1. The monoisotopic (exact) mass is 557 g/mol. The summed E-state index contributed by atoms with van der Waals surface area (Å²) in [4.78, 5) is 37.3. The Hall–Kier alpha value is -3.21. The van der Waals surface area contributed by atoms with Crippen LogP contribution in [0.2, 0.25) is 0 Å². The Kier molecular flexibility index (Phi) is 7.71. The highest BCUT2D eigenvalue weighted by Gasteiger charge is 2.22. The average molecular weight is 557 g/mol. The number of carbonyl (C=O) groups is 2. The van der Waals surface area contributed by atoms with Gasteiger partial charge in [0.15, 0.2) is 0 Å². The summed E-state index contributed by atoms with van der Waals surface area (Å²) < 4.78 is 6.52. The molecule has 0 saturated carbocycles. The second kappa shape index (κ2) is 11.1. The molecule has 1 aromatic carbocycles. The Bertz CT molecular complexity index is 1090. The van der Waals surface area contributed by atoms with Gasteiger partial charge in [-0.15, -0.1) is 0 Å². The van der Waals surface area contributed by atoms with Crippen molar-refractivity contribution in [1.29, 1.82) is 0 Å². The van der Waals surface area contributed by atoms with E-state index >= 15 is 0 Å². The first-order valence-electron chi connectivity index (χ1n) is 10.6. The van der Waals surface area contributed by atoms with Crippen molar-refractivity contribution in [2.45, 2.75) is 6.61 Å². The first-order valence-corrected chi connectivity index (χ1v) is 11.7. The van der Waals surface area contributed by atoms with Crippen molar-refractivity contribution in [2.75, 3.05) is 37.6 Å². The predicted molar refractivity (Wildman–Crippen MR) is 133 cm³/mol. The van der Waals surface area contributed by atoms with Gasteiger partial charge in [-0.05, 0) is 52.4 Å². The molecule has 1 fully saturated rings. The van der Waals surface area contributed by atoms with Gasteiger partial charge >= 0.3 is 0 Å². The van der Waals surface area contributed by atoms with E-state index in [0.717, 1.165) is 20.8 Å². The van der Waals surface area contributed by atoms with Crippen LogP contribution in [0, 0.1) is 3.70 Å². The highest BCUT2D eigenvalue weighted by Crippen LogP contribution is 2.18. The lowest BCUT2D eigenvalue weighted by Gasteiger charge is -2.35. The molecule has 0 radical (unpaired) electrons. The molecule has 3 aromatic rings. The molecule has 170 valence electrons. The maximum absolute atomic E-state index is 12.5. The van der Waals surface area contributed by atoms with Crippen molar-refractivity contribution in [3.63, 3.8) is 0 Å². The van der Waals surface area contributed by atoms with Gasteiger partial charge in [-0.1, -0.05) is 30.3 Å². The molecular formula is C24H24IN5O3. The van der Waals surface area contributed by atoms with Crippen molar-refractivity contribution in [3.05, 3.63) is 81.8 Å². The number of benzene rings is 1. The smallest absolute Gasteiger partial charge is 0.251 e. The number of amides is 2. The molecule has 0 aliphatic carbocycles. The number of hydrogen-bond donors (Lipinski definition) is 1. The first kappa shape index (κ1) is 23.0. The van der Waals surface area contributed by atoms with Crippen LogP contribution < -0.4 is 15.0 Å². The Morgan fingerprint density at radius 3 is 2.48 bits per heavy atom. The summed E-state index contributed by atoms with van der Waals surface area (Å²) in [5.41, 5.74) is 1.60. The highest BCUT2D eigenvalue weighted by molar-refractivity contribution is 14.1. The van der Waals surface area contributed by atoms with E-state index in [1.165, 1.54) is 0 Å². The lowest BCUT2D eigenvalue weighted by molar-refractivity contribution is -0.130. The van der Waals surface area contributed by atoms with E-state index in [0.29, 0.717) is 38.3 Å². The summed E-state index contributed by atoms with van der Waals surface area (Å²) in [5, 5.41) is 2.69. The van der Waals surface area contributed by atoms with Gasteiger partial charge in [0, 0.05) is 37.9 Å². The summed E-state index contributed by atoms with van der Waals surface area (Å²) in [5.74, 6) is 1.20. The summed E-state index contributed by atoms with van der Waals surface area (Å²) in [6.07, 6.45) is 3.30. The second-order valence-corrected chi connectivity index (χ2v) is 8.65. The largest absolute Gasteiger partial charge is 0.487 e. The number of rotatable bonds is 7. The van der Waals surface area contributed by atoms with E-state index in [4.69, 9.17) is 4.74 Å². The predicted octanol–water partition coefficient (Wildman–Crippen LogP) is 2.74. The van der Waals surface area contributed by atoms with E-state index in [1.54, 1.807) is 29.4 Å². The molecule has 0 spiro atoms. The standard InChI is InChI=1S/C24H24IN5O3/c25-21-14-19(8-9-26-21)24(32)28-16-23(31)30-12-10-29(11-13-30)22-7-6-20(15-27-22)33-17-18-4-2-1-3-5-18/h1-9,14-15H,10-13,16-17H2,(H,28,32). The molecule has 1 saturated heterocycles. The molecule has 3 heterocycles. The maximum atomic E-state index is 12.5. The molecule has 4 rings (SSSR count). The van der Waals surface area contributed by atoms with E-state index in [1.807, 2.05) is 65.1 Å². The van der Waals surface area contributed by atoms with Gasteiger partial charge in [0.1, 0.15) is 21.9 Å². The zero-order valence-electron chi connectivity index (χ0n) is 18.0. The Morgan fingerprint density at radius 1 is 1.00 bits per heavy atom. The number of ether oxygens (including phenoxy) is 1. The number of carbonyl (C=O) groups excluding carboxylic acids is 2. The zero-order valence-corrected chi connectivity index (χ0v) is 20.1. The van der Waals surface area contributed by atoms with Crippen LogP contribution in [0.5, 0.6) is 5.75 Å². The van der Waals surface area contributed by atoms with Crippen molar-refractivity contribution in [1.82, 2.24) is 20.2 Å². The van der Waals surface area contributed by atoms with Crippen molar-refractivity contribution in [2.24, 2.45) is 0 Å². The quantitative estimate of drug-likeness (QED) is 0.355. The van der Waals surface area contributed by atoms with Crippen LogP contribution in [0.1, 0.15) is 15.9 Å². The SMILES string of the molecule is O=C(NCC(=O)N1CCN(c2ccc(OCc3ccccc3)cn2)CC1)c1ccnc(I)c1. The molecule has 2 aromatic heterocycles. The Labute approximate surface area is 206 Å². The van der Waals surface area contributed by atoms with E-state index < -0.39 is 0 Å². The minimum Gasteiger partial charge on any atom is -0.487 e. The molecule has 9 heteroatoms. The summed E-state index contributed by atoms with van der Waals surface area (Å²) >= 11 is 2.05. The molecule has 2 amide bonds. The summed E-state index contributed by atoms with van der Waals surface area (Å²) in [7, 11) is 0. The van der Waals surface area contributed by atoms with Gasteiger partial charge in [0.05, 0.1) is 12.7 Å². The Morgan fingerprint density at radius 2 is 1.79 bits per heavy atom. The summed E-state index contributed by atoms with van der Waals surface area (Å²) in [6, 6.07) is 17.2. The van der Waals surface area contributed by atoms with Crippen LogP contribution in [-0.4, -0.2) is 59.4 Å². The van der Waals surface area contributed by atoms with Gasteiger partial charge in [-0.2, -0.15) is 0 Å². The van der Waals surface area contributed by atoms with Crippen LogP contribution in [0.3, 0.4) is 0 Å². The van der Waals surface area contributed by atoms with Gasteiger partial charge in [-0.3, -0.25) is 14.6 Å². The Balaban J connectivity index is 1.22. The van der Waals surface area contributed by atoms with Crippen molar-refractivity contribution >= 4 is 40.2 Å². The van der Waals surface area contributed by atoms with Crippen LogP contribution in [0.25, 0.3) is 0 Å². The lowest BCUT2D eigenvalue weighted by Crippen LogP contribution is -2.51. The lowest BCUT2D eigenvalue weighted by atomic mass is 10.2. The van der Waals surface area contributed by atoms with Gasteiger partial charge in [-0.25, -0.2) is 4.98 Å². The van der Waals surface area contributed by atoms with Gasteiger partial charge in [0.25, 0.3) is 5.91 Å². The van der Waals surface area contributed by atoms with E-state index in [-0.39, 0.29) is 18.4 Å². The third-order valence-electron chi connectivity index (χ3n) is 5.31. The van der Waals surface area contributed by atoms with Crippen molar-refractivity contribution < 1.29 is 14.3 Å². The molecule has 1 N–H and O–H groups in total. The zero-order chi connectivity index (χ0) is 23.0. The minimum absolute atomic E-state index is 0.0244. The molecule has 8 nitrogen and oxygen atoms in total. The van der Waals surface area contributed by atoms with E-state index in [2.05, 4.69) is 20.2 Å². The molecule has 0 unspecified atom stereocenters. The number of nitrogens with one attached hydrogen (secondary N) is 1. The van der Waals surface area contributed by atoms with Gasteiger partial charge in [0.2, 0.25) is 5.91 Å². The molecule has 0 atom stereocenters. The topological polar surface area (TPSA) is 87.7 Å². The molecule has 1 aliphatic rings. The highest BCUT2D eigenvalue weighted by atomic mass is 127. The number of hydrogen-bond acceptors (Lipinski definition) is 6. The minimum atomic E-state index is -0.277. The number of aromatic nitrogens is 2. The second-order valence-electron chi connectivity index (χ2n) is 7.54. The van der Waals surface area contributed by atoms with Crippen LogP contribution >= 0.6 is 22.6 Å². The van der Waals surface area contributed by atoms with Crippen LogP contribution in [0.4, 0.5) is 5.82 Å². The number of piperazine rings is 1. The fourth-order valence-electron chi connectivity index (χ4n) is 3.48. The number of anilines is 1. The fourth-order valence-corrected chi connectivity index (χ4v) is 3.98. The van der Waals surface area contributed by atoms with E-state index in [9.17, 15) is 9.59 Å². The normalized spacial score (nSPS) is 13.5. The third kappa shape index (κ3) is 6.41. The maximum Gasteiger partial charge on any atom is 0.251 e. The fraction of sp³-hybridized carbons (Fsp3) is 0.250. The summed E-state index contributed by atoms with van der Waals surface area (Å²) in [6.45, 7) is 2.99. The molecular weight excluding hydrogens is 533 g/mol. The number of nitrogens with zero attached hydrogens (tertiary/aromatic N) is 4. The third-order valence-corrected chi connectivity index (χ3v) is 5.90. The van der Waals surface area contributed by atoms with Crippen LogP contribution in [0.15, 0.2) is 67.0 Å². The number of pyridine rings is 2. The molecule has 0 bridgehead atoms. The van der Waals surface area contributed by atoms with Gasteiger partial charge < -0.3 is 19.9 Å². The van der Waals surface area contributed by atoms with Crippen LogP contribution in [-0.2, 0) is 11.4 Å².